The maximum absolute atomic E-state index is 12.1. The first-order valence-corrected chi connectivity index (χ1v) is 17.3. The molecule has 0 saturated carbocycles. The summed E-state index contributed by atoms with van der Waals surface area (Å²) >= 11 is 7.24. The standard InChI is InChI=1S/C33H42Br2O4Si/c1-23(19-24(2)28-22-31(36)38-33(7,8)37-28)20-25(3)29(21-30(34)35)39-40(32(4,5)6,26-15-11-9-12-16-26)27-17-13-10-14-18-27/h9-19,21-23,25,29H,20H2,1-8H3/b24-19+/t23-,25+,29-/m1/s1. The van der Waals surface area contributed by atoms with E-state index in [-0.39, 0.29) is 28.9 Å². The number of cyclic esters (lactones) is 1. The molecule has 216 valence electrons. The summed E-state index contributed by atoms with van der Waals surface area (Å²) in [6.07, 6.45) is 6.45. The van der Waals surface area contributed by atoms with Crippen molar-refractivity contribution in [3.05, 3.63) is 93.6 Å². The predicted molar refractivity (Wildman–Crippen MR) is 174 cm³/mol. The second-order valence-corrected chi connectivity index (χ2v) is 19.2. The molecule has 0 spiro atoms. The Morgan fingerprint density at radius 1 is 0.950 bits per heavy atom. The lowest BCUT2D eigenvalue weighted by atomic mass is 9.91. The summed E-state index contributed by atoms with van der Waals surface area (Å²) in [6.45, 7) is 16.8. The van der Waals surface area contributed by atoms with Gasteiger partial charge in [-0.05, 0) is 84.1 Å². The zero-order valence-corrected chi connectivity index (χ0v) is 29.0. The molecule has 7 heteroatoms. The van der Waals surface area contributed by atoms with Gasteiger partial charge in [-0.3, -0.25) is 0 Å². The molecular formula is C33H42Br2O4Si. The maximum atomic E-state index is 12.1. The van der Waals surface area contributed by atoms with Gasteiger partial charge in [0.05, 0.1) is 15.6 Å². The van der Waals surface area contributed by atoms with Gasteiger partial charge in [0.2, 0.25) is 5.79 Å². The van der Waals surface area contributed by atoms with Crippen molar-refractivity contribution in [3.8, 4) is 0 Å². The van der Waals surface area contributed by atoms with Gasteiger partial charge in [0, 0.05) is 13.8 Å². The van der Waals surface area contributed by atoms with Crippen LogP contribution in [-0.2, 0) is 18.7 Å². The molecule has 1 aliphatic heterocycles. The van der Waals surface area contributed by atoms with Crippen molar-refractivity contribution >= 4 is 56.5 Å². The molecule has 1 aliphatic rings. The van der Waals surface area contributed by atoms with Gasteiger partial charge in [0.1, 0.15) is 5.76 Å². The van der Waals surface area contributed by atoms with Crippen LogP contribution in [0.15, 0.2) is 93.6 Å². The molecule has 1 heterocycles. The summed E-state index contributed by atoms with van der Waals surface area (Å²) in [4.78, 5) is 12.1. The molecule has 2 aromatic carbocycles. The van der Waals surface area contributed by atoms with E-state index in [2.05, 4.69) is 139 Å². The lowest BCUT2D eigenvalue weighted by Crippen LogP contribution is -2.68. The molecule has 40 heavy (non-hydrogen) atoms. The van der Waals surface area contributed by atoms with E-state index >= 15 is 0 Å². The van der Waals surface area contributed by atoms with E-state index in [1.54, 1.807) is 13.8 Å². The summed E-state index contributed by atoms with van der Waals surface area (Å²) in [5.41, 5.74) is 0.922. The quantitative estimate of drug-likeness (QED) is 0.186. The van der Waals surface area contributed by atoms with Crippen molar-refractivity contribution in [1.29, 1.82) is 0 Å². The van der Waals surface area contributed by atoms with Crippen LogP contribution in [0.2, 0.25) is 5.04 Å². The Bertz CT molecular complexity index is 1200. The van der Waals surface area contributed by atoms with Crippen LogP contribution in [-0.4, -0.2) is 26.2 Å². The van der Waals surface area contributed by atoms with Crippen LogP contribution in [0.1, 0.15) is 61.8 Å². The number of allylic oxidation sites excluding steroid dienone is 2. The van der Waals surface area contributed by atoms with Gasteiger partial charge in [-0.25, -0.2) is 4.79 Å². The van der Waals surface area contributed by atoms with Crippen LogP contribution in [0.5, 0.6) is 0 Å². The van der Waals surface area contributed by atoms with Gasteiger partial charge in [-0.1, -0.05) is 101 Å². The highest BCUT2D eigenvalue weighted by molar-refractivity contribution is 9.28. The first-order chi connectivity index (χ1) is 18.6. The van der Waals surface area contributed by atoms with Gasteiger partial charge in [-0.15, -0.1) is 0 Å². The molecule has 3 atom stereocenters. The van der Waals surface area contributed by atoms with Crippen LogP contribution in [0, 0.1) is 11.8 Å². The first kappa shape index (κ1) is 32.6. The number of rotatable bonds is 10. The molecule has 0 bridgehead atoms. The average Bonchev–Trinajstić information content (AvgIpc) is 2.85. The summed E-state index contributed by atoms with van der Waals surface area (Å²) < 4.78 is 19.5. The lowest BCUT2D eigenvalue weighted by molar-refractivity contribution is -0.203. The number of halogens is 2. The van der Waals surface area contributed by atoms with Crippen molar-refractivity contribution in [3.63, 3.8) is 0 Å². The second kappa shape index (κ2) is 13.4. The smallest absolute Gasteiger partial charge is 0.337 e. The van der Waals surface area contributed by atoms with E-state index in [9.17, 15) is 4.79 Å². The Balaban J connectivity index is 1.98. The van der Waals surface area contributed by atoms with Crippen LogP contribution >= 0.6 is 31.9 Å². The van der Waals surface area contributed by atoms with E-state index in [4.69, 9.17) is 13.9 Å². The predicted octanol–water partition coefficient (Wildman–Crippen LogP) is 8.36. The van der Waals surface area contributed by atoms with E-state index < -0.39 is 14.1 Å². The van der Waals surface area contributed by atoms with Crippen molar-refractivity contribution in [1.82, 2.24) is 0 Å². The Hall–Kier alpha value is -1.93. The molecule has 0 aliphatic carbocycles. The fraction of sp³-hybridized carbons (Fsp3) is 0.424. The average molecular weight is 691 g/mol. The Morgan fingerprint density at radius 2 is 1.48 bits per heavy atom. The van der Waals surface area contributed by atoms with Gasteiger partial charge >= 0.3 is 5.97 Å². The molecule has 0 aromatic heterocycles. The first-order valence-electron chi connectivity index (χ1n) is 13.8. The third-order valence-corrected chi connectivity index (χ3v) is 12.8. The lowest BCUT2D eigenvalue weighted by Gasteiger charge is -2.46. The number of hydrogen-bond acceptors (Lipinski definition) is 4. The van der Waals surface area contributed by atoms with Gasteiger partial charge in [-0.2, -0.15) is 0 Å². The van der Waals surface area contributed by atoms with Gasteiger partial charge < -0.3 is 13.9 Å². The van der Waals surface area contributed by atoms with Gasteiger partial charge in [0.25, 0.3) is 8.32 Å². The van der Waals surface area contributed by atoms with E-state index in [0.29, 0.717) is 5.76 Å². The van der Waals surface area contributed by atoms with Crippen LogP contribution in [0.4, 0.5) is 0 Å². The molecule has 0 fully saturated rings. The van der Waals surface area contributed by atoms with E-state index in [0.717, 1.165) is 15.4 Å². The number of esters is 1. The van der Waals surface area contributed by atoms with Crippen molar-refractivity contribution in [2.75, 3.05) is 0 Å². The summed E-state index contributed by atoms with van der Waals surface area (Å²) in [5.74, 6) is -0.397. The minimum atomic E-state index is -2.76. The molecule has 3 rings (SSSR count). The highest BCUT2D eigenvalue weighted by Gasteiger charge is 2.51. The van der Waals surface area contributed by atoms with E-state index in [1.807, 2.05) is 6.92 Å². The zero-order valence-electron chi connectivity index (χ0n) is 24.8. The Morgan fingerprint density at radius 3 is 1.93 bits per heavy atom. The fourth-order valence-corrected chi connectivity index (χ4v) is 10.8. The van der Waals surface area contributed by atoms with Gasteiger partial charge in [0.15, 0.2) is 0 Å². The number of hydrogen-bond donors (Lipinski definition) is 0. The summed E-state index contributed by atoms with van der Waals surface area (Å²) in [7, 11) is -2.76. The van der Waals surface area contributed by atoms with E-state index in [1.165, 1.54) is 16.4 Å². The maximum Gasteiger partial charge on any atom is 0.337 e. The largest absolute Gasteiger partial charge is 0.452 e. The molecule has 4 nitrogen and oxygen atoms in total. The molecule has 0 saturated heterocycles. The Labute approximate surface area is 258 Å². The summed E-state index contributed by atoms with van der Waals surface area (Å²) in [6, 6.07) is 21.4. The highest BCUT2D eigenvalue weighted by Crippen LogP contribution is 2.39. The molecule has 0 amide bonds. The number of ether oxygens (including phenoxy) is 2. The second-order valence-electron chi connectivity index (χ2n) is 12.2. The van der Waals surface area contributed by atoms with Crippen LogP contribution < -0.4 is 10.4 Å². The number of carbonyl (C=O) groups is 1. The third-order valence-electron chi connectivity index (χ3n) is 7.20. The summed E-state index contributed by atoms with van der Waals surface area (Å²) in [5, 5.41) is 2.38. The molecule has 2 aromatic rings. The molecule has 0 unspecified atom stereocenters. The molecular weight excluding hydrogens is 648 g/mol. The fourth-order valence-electron chi connectivity index (χ4n) is 5.52. The van der Waals surface area contributed by atoms with Crippen LogP contribution in [0.25, 0.3) is 0 Å². The third kappa shape index (κ3) is 8.08. The number of benzene rings is 2. The normalized spacial score (nSPS) is 18.1. The van der Waals surface area contributed by atoms with Crippen molar-refractivity contribution in [2.24, 2.45) is 11.8 Å². The molecule has 0 N–H and O–H groups in total. The monoisotopic (exact) mass is 688 g/mol. The topological polar surface area (TPSA) is 44.8 Å². The number of carbonyl (C=O) groups excluding carboxylic acids is 1. The molecule has 0 radical (unpaired) electrons. The van der Waals surface area contributed by atoms with Crippen molar-refractivity contribution < 1.29 is 18.7 Å². The highest BCUT2D eigenvalue weighted by atomic mass is 79.9. The SMILES string of the molecule is C/C(=C\[C@@H](C)C[C@H](C)[C@@H](C=C(Br)Br)O[Si](c1ccccc1)(c1ccccc1)C(C)(C)C)C1=CC(=O)OC(C)(C)O1. The van der Waals surface area contributed by atoms with Crippen LogP contribution in [0.3, 0.4) is 0 Å². The van der Waals surface area contributed by atoms with Crippen molar-refractivity contribution in [2.45, 2.75) is 78.7 Å². The minimum absolute atomic E-state index is 0.130. The zero-order chi connectivity index (χ0) is 29.7. The minimum Gasteiger partial charge on any atom is -0.452 e. The Kier molecular flexibility index (Phi) is 10.9.